The number of nitrogens with one attached hydrogen (secondary N) is 1. The number of pyridine rings is 1. The molecule has 0 unspecified atom stereocenters. The molecule has 1 heterocycles. The highest BCUT2D eigenvalue weighted by atomic mass is 79.9. The van der Waals surface area contributed by atoms with Gasteiger partial charge in [-0.1, -0.05) is 12.1 Å². The van der Waals surface area contributed by atoms with Gasteiger partial charge in [0.05, 0.1) is 15.7 Å². The van der Waals surface area contributed by atoms with E-state index in [0.29, 0.717) is 30.2 Å². The summed E-state index contributed by atoms with van der Waals surface area (Å²) in [6, 6.07) is 12.8. The van der Waals surface area contributed by atoms with Gasteiger partial charge >= 0.3 is 6.09 Å². The maximum absolute atomic E-state index is 11.7. The molecule has 3 rings (SSSR count). The first-order chi connectivity index (χ1) is 16.2. The van der Waals surface area contributed by atoms with Crippen LogP contribution in [0.5, 0.6) is 17.2 Å². The molecule has 0 spiro atoms. The van der Waals surface area contributed by atoms with Gasteiger partial charge in [-0.25, -0.2) is 9.78 Å². The number of amides is 1. The molecule has 9 heteroatoms. The van der Waals surface area contributed by atoms with Crippen molar-refractivity contribution in [2.24, 2.45) is 0 Å². The molecule has 1 amide bonds. The minimum Gasteiger partial charge on any atom is -0.504 e. The van der Waals surface area contributed by atoms with Gasteiger partial charge in [-0.05, 0) is 79.0 Å². The number of alkyl carbamates (subject to hydrolysis) is 1. The van der Waals surface area contributed by atoms with Crippen LogP contribution in [0.1, 0.15) is 32.0 Å². The number of rotatable bonds is 9. The predicted octanol–water partition coefficient (Wildman–Crippen LogP) is 5.33. The van der Waals surface area contributed by atoms with E-state index in [-0.39, 0.29) is 19.1 Å². The molecule has 3 aromatic rings. The molecule has 0 aliphatic rings. The molecule has 0 bridgehead atoms. The summed E-state index contributed by atoms with van der Waals surface area (Å²) in [5.41, 5.74) is 1.75. The van der Waals surface area contributed by atoms with Crippen LogP contribution in [-0.2, 0) is 22.5 Å². The molecule has 0 aliphatic carbocycles. The summed E-state index contributed by atoms with van der Waals surface area (Å²) in [6.07, 6.45) is 0.0736. The molecule has 8 nitrogen and oxygen atoms in total. The van der Waals surface area contributed by atoms with Gasteiger partial charge in [0.15, 0.2) is 18.3 Å². The van der Waals surface area contributed by atoms with E-state index >= 15 is 0 Å². The summed E-state index contributed by atoms with van der Waals surface area (Å²) in [6.45, 7) is 6.14. The fraction of sp³-hybridized carbons (Fsp3) is 0.360. The summed E-state index contributed by atoms with van der Waals surface area (Å²) in [7, 11) is 1.56. The number of benzene rings is 2. The number of carbonyl (C=O) groups excluding carboxylic acids is 1. The molecule has 0 fully saturated rings. The monoisotopic (exact) mass is 532 g/mol. The number of nitrogens with zero attached hydrogens (tertiary/aromatic N) is 1. The summed E-state index contributed by atoms with van der Waals surface area (Å²) in [4.78, 5) is 16.4. The van der Waals surface area contributed by atoms with Crippen LogP contribution in [0.15, 0.2) is 46.9 Å². The Morgan fingerprint density at radius 1 is 1.09 bits per heavy atom. The van der Waals surface area contributed by atoms with Crippen LogP contribution in [0.4, 0.5) is 4.79 Å². The van der Waals surface area contributed by atoms with Crippen LogP contribution < -0.4 is 14.8 Å². The van der Waals surface area contributed by atoms with Crippen molar-refractivity contribution in [1.29, 1.82) is 0 Å². The van der Waals surface area contributed by atoms with Crippen molar-refractivity contribution in [3.63, 3.8) is 0 Å². The zero-order valence-electron chi connectivity index (χ0n) is 19.7. The van der Waals surface area contributed by atoms with Gasteiger partial charge in [0.2, 0.25) is 0 Å². The van der Waals surface area contributed by atoms with Crippen LogP contribution in [0.2, 0.25) is 0 Å². The Balaban J connectivity index is 1.59. The normalized spacial score (nSPS) is 11.3. The van der Waals surface area contributed by atoms with Crippen molar-refractivity contribution in [1.82, 2.24) is 10.3 Å². The number of halogens is 1. The van der Waals surface area contributed by atoms with Gasteiger partial charge in [0.1, 0.15) is 18.0 Å². The van der Waals surface area contributed by atoms with E-state index in [1.807, 2.05) is 51.1 Å². The Hall–Kier alpha value is -3.04. The van der Waals surface area contributed by atoms with Crippen LogP contribution in [-0.4, -0.2) is 42.2 Å². The fourth-order valence-corrected chi connectivity index (χ4v) is 3.67. The Bertz CT molecular complexity index is 1150. The summed E-state index contributed by atoms with van der Waals surface area (Å²) >= 11 is 3.55. The van der Waals surface area contributed by atoms with Crippen molar-refractivity contribution in [2.45, 2.75) is 39.4 Å². The van der Waals surface area contributed by atoms with E-state index in [1.165, 1.54) is 0 Å². The lowest BCUT2D eigenvalue weighted by Crippen LogP contribution is -2.33. The van der Waals surface area contributed by atoms with Crippen molar-refractivity contribution < 1.29 is 28.8 Å². The number of fused-ring (bicyclic) bond motifs is 1. The topological polar surface area (TPSA) is 99.1 Å². The van der Waals surface area contributed by atoms with Gasteiger partial charge in [-0.2, -0.15) is 0 Å². The number of aromatic hydroxyl groups is 1. The first kappa shape index (κ1) is 25.6. The molecular weight excluding hydrogens is 504 g/mol. The third kappa shape index (κ3) is 7.23. The smallest absolute Gasteiger partial charge is 0.407 e. The number of methoxy groups -OCH3 is 1. The van der Waals surface area contributed by atoms with Crippen molar-refractivity contribution in [3.05, 3.63) is 58.2 Å². The molecule has 0 atom stereocenters. The van der Waals surface area contributed by atoms with E-state index in [2.05, 4.69) is 26.2 Å². The number of carbonyl (C=O) groups is 1. The standard InChI is InChI=1S/C25H29BrN2O6/c1-25(2,3)34-24(30)27-12-11-16-5-9-20(19(29)13-16)32-14-18-8-6-17-7-10-21(33-15-31-4)22(26)23(17)28-18/h5-10,13,29H,11-12,14-15H2,1-4H3,(H,27,30). The number of hydrogen-bond donors (Lipinski definition) is 2. The van der Waals surface area contributed by atoms with Crippen LogP contribution >= 0.6 is 15.9 Å². The molecule has 2 N–H and O–H groups in total. The number of aromatic nitrogens is 1. The van der Waals surface area contributed by atoms with Crippen LogP contribution in [0, 0.1) is 0 Å². The quantitative estimate of drug-likeness (QED) is 0.359. The highest BCUT2D eigenvalue weighted by Gasteiger charge is 2.15. The largest absolute Gasteiger partial charge is 0.504 e. The first-order valence-electron chi connectivity index (χ1n) is 10.8. The minimum atomic E-state index is -0.544. The van der Waals surface area contributed by atoms with Crippen molar-refractivity contribution >= 4 is 32.9 Å². The molecule has 0 saturated carbocycles. The zero-order chi connectivity index (χ0) is 24.7. The van der Waals surface area contributed by atoms with Gasteiger partial charge in [-0.3, -0.25) is 0 Å². The summed E-state index contributed by atoms with van der Waals surface area (Å²) < 4.78 is 22.2. The number of phenols is 1. The number of ether oxygens (including phenoxy) is 4. The molecule has 0 radical (unpaired) electrons. The molecule has 1 aromatic heterocycles. The maximum Gasteiger partial charge on any atom is 0.407 e. The third-order valence-corrected chi connectivity index (χ3v) is 5.40. The van der Waals surface area contributed by atoms with E-state index in [1.54, 1.807) is 19.2 Å². The lowest BCUT2D eigenvalue weighted by Gasteiger charge is -2.19. The van der Waals surface area contributed by atoms with E-state index in [9.17, 15) is 9.90 Å². The SMILES string of the molecule is COCOc1ccc2ccc(COc3ccc(CCNC(=O)OC(C)(C)C)cc3O)nc2c1Br. The van der Waals surface area contributed by atoms with Crippen molar-refractivity contribution in [3.8, 4) is 17.2 Å². The lowest BCUT2D eigenvalue weighted by atomic mass is 10.1. The Morgan fingerprint density at radius 3 is 2.53 bits per heavy atom. The van der Waals surface area contributed by atoms with E-state index < -0.39 is 11.7 Å². The molecule has 34 heavy (non-hydrogen) atoms. The predicted molar refractivity (Wildman–Crippen MR) is 132 cm³/mol. The lowest BCUT2D eigenvalue weighted by molar-refractivity contribution is 0.0506. The Labute approximate surface area is 207 Å². The Morgan fingerprint density at radius 2 is 1.82 bits per heavy atom. The van der Waals surface area contributed by atoms with E-state index in [0.717, 1.165) is 20.9 Å². The molecule has 0 aliphatic heterocycles. The molecule has 2 aromatic carbocycles. The second kappa shape index (κ2) is 11.4. The van der Waals surface area contributed by atoms with Gasteiger partial charge < -0.3 is 29.4 Å². The highest BCUT2D eigenvalue weighted by Crippen LogP contribution is 2.33. The average molecular weight is 533 g/mol. The van der Waals surface area contributed by atoms with Crippen LogP contribution in [0.3, 0.4) is 0 Å². The van der Waals surface area contributed by atoms with Gasteiger partial charge in [0.25, 0.3) is 0 Å². The minimum absolute atomic E-state index is 0.0204. The summed E-state index contributed by atoms with van der Waals surface area (Å²) in [5.74, 6) is 1.00. The first-order valence-corrected chi connectivity index (χ1v) is 11.6. The fourth-order valence-electron chi connectivity index (χ4n) is 3.11. The van der Waals surface area contributed by atoms with Crippen LogP contribution in [0.25, 0.3) is 10.9 Å². The molecular formula is C25H29BrN2O6. The van der Waals surface area contributed by atoms with Crippen molar-refractivity contribution in [2.75, 3.05) is 20.4 Å². The number of hydrogen-bond acceptors (Lipinski definition) is 7. The second-order valence-electron chi connectivity index (χ2n) is 8.57. The van der Waals surface area contributed by atoms with Gasteiger partial charge in [-0.15, -0.1) is 0 Å². The summed E-state index contributed by atoms with van der Waals surface area (Å²) in [5, 5.41) is 14.0. The molecule has 182 valence electrons. The maximum atomic E-state index is 11.7. The average Bonchev–Trinajstić information content (AvgIpc) is 2.77. The number of phenolic OH excluding ortho intramolecular Hbond substituents is 1. The second-order valence-corrected chi connectivity index (χ2v) is 9.37. The van der Waals surface area contributed by atoms with E-state index in [4.69, 9.17) is 18.9 Å². The zero-order valence-corrected chi connectivity index (χ0v) is 21.3. The van der Waals surface area contributed by atoms with Gasteiger partial charge in [0, 0.05) is 19.0 Å². The molecule has 0 saturated heterocycles. The third-order valence-electron chi connectivity index (χ3n) is 4.64. The Kier molecular flexibility index (Phi) is 8.57. The highest BCUT2D eigenvalue weighted by molar-refractivity contribution is 9.10.